The van der Waals surface area contributed by atoms with Crippen LogP contribution >= 0.6 is 0 Å². The highest BCUT2D eigenvalue weighted by Gasteiger charge is 2.24. The molecule has 0 amide bonds. The maximum Gasteiger partial charge on any atom is 0.130 e. The average molecular weight is 167 g/mol. The van der Waals surface area contributed by atoms with E-state index in [2.05, 4.69) is 24.9 Å². The minimum Gasteiger partial charge on any atom is -0.302 e. The summed E-state index contributed by atoms with van der Waals surface area (Å²) in [5.41, 5.74) is 1.42. The summed E-state index contributed by atoms with van der Waals surface area (Å²) in [6.45, 7) is 5.81. The summed E-state index contributed by atoms with van der Waals surface area (Å²) >= 11 is 0. The Kier molecular flexibility index (Phi) is 3.04. The van der Waals surface area contributed by atoms with Crippen LogP contribution < -0.4 is 0 Å². The van der Waals surface area contributed by atoms with Gasteiger partial charge in [-0.2, -0.15) is 0 Å². The van der Waals surface area contributed by atoms with Gasteiger partial charge >= 0.3 is 0 Å². The van der Waals surface area contributed by atoms with Gasteiger partial charge in [-0.25, -0.2) is 0 Å². The predicted molar refractivity (Wildman–Crippen MR) is 50.0 cm³/mol. The fourth-order valence-electron chi connectivity index (χ4n) is 1.87. The topological polar surface area (TPSA) is 20.3 Å². The van der Waals surface area contributed by atoms with Crippen molar-refractivity contribution in [3.8, 4) is 0 Å². The van der Waals surface area contributed by atoms with Crippen LogP contribution in [0.4, 0.5) is 0 Å². The molecule has 2 nitrogen and oxygen atoms in total. The van der Waals surface area contributed by atoms with Gasteiger partial charge < -0.3 is 9.69 Å². The van der Waals surface area contributed by atoms with Gasteiger partial charge in [0.15, 0.2) is 0 Å². The molecule has 1 aliphatic heterocycles. The molecule has 0 N–H and O–H groups in total. The highest BCUT2D eigenvalue weighted by molar-refractivity contribution is 5.76. The van der Waals surface area contributed by atoms with E-state index in [-0.39, 0.29) is 0 Å². The van der Waals surface area contributed by atoms with Gasteiger partial charge in [0, 0.05) is 25.4 Å². The van der Waals surface area contributed by atoms with Crippen molar-refractivity contribution < 1.29 is 4.79 Å². The van der Waals surface area contributed by atoms with E-state index in [9.17, 15) is 4.79 Å². The number of hydrogen-bond acceptors (Lipinski definition) is 2. The Morgan fingerprint density at radius 3 is 2.92 bits per heavy atom. The van der Waals surface area contributed by atoms with E-state index in [0.717, 1.165) is 13.1 Å². The Labute approximate surface area is 74.2 Å². The van der Waals surface area contributed by atoms with E-state index >= 15 is 0 Å². The normalized spacial score (nSPS) is 28.2. The molecule has 0 aromatic rings. The first-order valence-electron chi connectivity index (χ1n) is 4.46. The van der Waals surface area contributed by atoms with Crippen LogP contribution in [-0.4, -0.2) is 30.8 Å². The minimum atomic E-state index is 0.301. The van der Waals surface area contributed by atoms with E-state index in [1.807, 2.05) is 0 Å². The summed E-state index contributed by atoms with van der Waals surface area (Å²) in [6, 6.07) is 0. The fourth-order valence-corrected chi connectivity index (χ4v) is 1.87. The van der Waals surface area contributed by atoms with Gasteiger partial charge in [-0.05, 0) is 20.9 Å². The molecule has 2 heteroatoms. The zero-order chi connectivity index (χ0) is 9.14. The van der Waals surface area contributed by atoms with Crippen LogP contribution in [-0.2, 0) is 4.79 Å². The van der Waals surface area contributed by atoms with Crippen LogP contribution in [0.1, 0.15) is 20.3 Å². The maximum absolute atomic E-state index is 10.9. The first-order chi connectivity index (χ1) is 5.63. The number of allylic oxidation sites excluding steroid dienone is 1. The number of carbonyl (C=O) groups excluding carboxylic acids is 1. The molecule has 0 saturated carbocycles. The standard InChI is InChI=1S/C10H17NO/c1-4-9-6-11(3)7-10(9)5-8(2)12/h4,10H,5-7H2,1-3H3/b9-4-. The lowest BCUT2D eigenvalue weighted by Gasteiger charge is -2.07. The van der Waals surface area contributed by atoms with Crippen LogP contribution in [0.15, 0.2) is 11.6 Å². The number of hydrogen-bond donors (Lipinski definition) is 0. The van der Waals surface area contributed by atoms with E-state index in [1.165, 1.54) is 5.57 Å². The van der Waals surface area contributed by atoms with Gasteiger partial charge in [0.25, 0.3) is 0 Å². The molecule has 12 heavy (non-hydrogen) atoms. The lowest BCUT2D eigenvalue weighted by atomic mass is 9.97. The van der Waals surface area contributed by atoms with Crippen LogP contribution in [0.3, 0.4) is 0 Å². The van der Waals surface area contributed by atoms with Gasteiger partial charge in [-0.3, -0.25) is 0 Å². The molecule has 1 rings (SSSR count). The summed E-state index contributed by atoms with van der Waals surface area (Å²) in [7, 11) is 2.10. The van der Waals surface area contributed by atoms with Gasteiger partial charge in [-0.15, -0.1) is 0 Å². The van der Waals surface area contributed by atoms with Gasteiger partial charge in [0.05, 0.1) is 0 Å². The van der Waals surface area contributed by atoms with E-state index in [0.29, 0.717) is 18.1 Å². The highest BCUT2D eigenvalue weighted by atomic mass is 16.1. The molecule has 1 unspecified atom stereocenters. The lowest BCUT2D eigenvalue weighted by Crippen LogP contribution is -2.15. The number of nitrogens with zero attached hydrogens (tertiary/aromatic N) is 1. The largest absolute Gasteiger partial charge is 0.302 e. The summed E-state index contributed by atoms with van der Waals surface area (Å²) in [4.78, 5) is 13.2. The highest BCUT2D eigenvalue weighted by Crippen LogP contribution is 2.24. The first-order valence-corrected chi connectivity index (χ1v) is 4.46. The van der Waals surface area contributed by atoms with Crippen molar-refractivity contribution in [3.63, 3.8) is 0 Å². The van der Waals surface area contributed by atoms with Crippen LogP contribution in [0, 0.1) is 5.92 Å². The predicted octanol–water partition coefficient (Wildman–Crippen LogP) is 1.47. The maximum atomic E-state index is 10.9. The molecule has 1 atom stereocenters. The van der Waals surface area contributed by atoms with Crippen molar-refractivity contribution in [2.75, 3.05) is 20.1 Å². The zero-order valence-corrected chi connectivity index (χ0v) is 8.13. The molecular formula is C10H17NO. The van der Waals surface area contributed by atoms with Crippen LogP contribution in [0.25, 0.3) is 0 Å². The minimum absolute atomic E-state index is 0.301. The molecule has 0 aliphatic carbocycles. The molecule has 68 valence electrons. The van der Waals surface area contributed by atoms with Crippen molar-refractivity contribution >= 4 is 5.78 Å². The smallest absolute Gasteiger partial charge is 0.130 e. The average Bonchev–Trinajstić information content (AvgIpc) is 2.29. The first kappa shape index (κ1) is 9.46. The quantitative estimate of drug-likeness (QED) is 0.580. The molecule has 0 bridgehead atoms. The number of carbonyl (C=O) groups is 1. The summed E-state index contributed by atoms with van der Waals surface area (Å²) < 4.78 is 0. The number of Topliss-reactive ketones (excluding diaryl/α,β-unsaturated/α-hetero) is 1. The number of ketones is 1. The van der Waals surface area contributed by atoms with Crippen LogP contribution in [0.5, 0.6) is 0 Å². The zero-order valence-electron chi connectivity index (χ0n) is 8.13. The second-order valence-corrected chi connectivity index (χ2v) is 3.66. The summed E-state index contributed by atoms with van der Waals surface area (Å²) in [6.07, 6.45) is 2.86. The van der Waals surface area contributed by atoms with Crippen molar-refractivity contribution in [2.24, 2.45) is 5.92 Å². The van der Waals surface area contributed by atoms with Crippen molar-refractivity contribution in [2.45, 2.75) is 20.3 Å². The van der Waals surface area contributed by atoms with Gasteiger partial charge in [0.1, 0.15) is 5.78 Å². The molecule has 0 radical (unpaired) electrons. The number of likely N-dealkylation sites (tertiary alicyclic amines) is 1. The number of rotatable bonds is 2. The Balaban J connectivity index is 2.58. The molecule has 0 spiro atoms. The van der Waals surface area contributed by atoms with E-state index in [4.69, 9.17) is 0 Å². The second-order valence-electron chi connectivity index (χ2n) is 3.66. The van der Waals surface area contributed by atoms with Gasteiger partial charge in [-0.1, -0.05) is 11.6 Å². The summed E-state index contributed by atoms with van der Waals surface area (Å²) in [5, 5.41) is 0. The Hall–Kier alpha value is -0.630. The molecular weight excluding hydrogens is 150 g/mol. The Bertz CT molecular complexity index is 208. The Morgan fingerprint density at radius 2 is 2.42 bits per heavy atom. The molecule has 1 saturated heterocycles. The van der Waals surface area contributed by atoms with Crippen molar-refractivity contribution in [1.29, 1.82) is 0 Å². The van der Waals surface area contributed by atoms with Crippen molar-refractivity contribution in [1.82, 2.24) is 4.90 Å². The Morgan fingerprint density at radius 1 is 1.75 bits per heavy atom. The van der Waals surface area contributed by atoms with E-state index in [1.54, 1.807) is 6.92 Å². The third kappa shape index (κ3) is 2.18. The summed E-state index contributed by atoms with van der Waals surface area (Å²) in [5.74, 6) is 0.784. The third-order valence-corrected chi connectivity index (χ3v) is 2.41. The SMILES string of the molecule is C/C=C1/CN(C)CC1CC(C)=O. The molecule has 1 heterocycles. The molecule has 0 aromatic heterocycles. The monoisotopic (exact) mass is 167 g/mol. The molecule has 1 aliphatic rings. The second kappa shape index (κ2) is 3.85. The molecule has 0 aromatic carbocycles. The van der Waals surface area contributed by atoms with Crippen molar-refractivity contribution in [3.05, 3.63) is 11.6 Å². The lowest BCUT2D eigenvalue weighted by molar-refractivity contribution is -0.117. The fraction of sp³-hybridized carbons (Fsp3) is 0.700. The third-order valence-electron chi connectivity index (χ3n) is 2.41. The molecule has 1 fully saturated rings. The number of likely N-dealkylation sites (N-methyl/N-ethyl adjacent to an activating group) is 1. The van der Waals surface area contributed by atoms with Crippen LogP contribution in [0.2, 0.25) is 0 Å². The van der Waals surface area contributed by atoms with Gasteiger partial charge in [0.2, 0.25) is 0 Å². The van der Waals surface area contributed by atoms with E-state index < -0.39 is 0 Å².